The fraction of sp³-hybridized carbons (Fsp3) is 0.700. The number of nitrogens with one attached hydrogen (secondary N) is 1. The standard InChI is InChI=1S/C20H29N3O2/c1-15-3-2-9-21-18(15)14-23-10-7-20(8-11-23)13-17(6-12-25-20)22-19(24)16-4-5-16/h2-3,9,16-17H,4-8,10-14H2,1H3,(H,22,24). The van der Waals surface area contributed by atoms with Crippen LogP contribution in [0.2, 0.25) is 0 Å². The number of likely N-dealkylation sites (tertiary alicyclic amines) is 1. The zero-order valence-electron chi connectivity index (χ0n) is 15.2. The molecule has 0 aromatic carbocycles. The number of piperidine rings is 1. The largest absolute Gasteiger partial charge is 0.375 e. The van der Waals surface area contributed by atoms with Crippen molar-refractivity contribution in [2.75, 3.05) is 19.7 Å². The molecular formula is C20H29N3O2. The summed E-state index contributed by atoms with van der Waals surface area (Å²) in [4.78, 5) is 19.1. The molecule has 1 saturated carbocycles. The Hall–Kier alpha value is -1.46. The molecule has 136 valence electrons. The second-order valence-corrected chi connectivity index (χ2v) is 8.05. The number of hydrogen-bond donors (Lipinski definition) is 1. The third kappa shape index (κ3) is 4.04. The first-order chi connectivity index (χ1) is 12.1. The van der Waals surface area contributed by atoms with Crippen LogP contribution in [0, 0.1) is 12.8 Å². The fourth-order valence-electron chi connectivity index (χ4n) is 4.18. The maximum Gasteiger partial charge on any atom is 0.223 e. The van der Waals surface area contributed by atoms with Crippen molar-refractivity contribution in [1.29, 1.82) is 0 Å². The average Bonchev–Trinajstić information content (AvgIpc) is 3.44. The zero-order valence-corrected chi connectivity index (χ0v) is 15.2. The van der Waals surface area contributed by atoms with Crippen molar-refractivity contribution in [1.82, 2.24) is 15.2 Å². The second kappa shape index (κ2) is 7.04. The van der Waals surface area contributed by atoms with Crippen molar-refractivity contribution in [3.63, 3.8) is 0 Å². The summed E-state index contributed by atoms with van der Waals surface area (Å²) in [6.45, 7) is 5.91. The Morgan fingerprint density at radius 2 is 2.16 bits per heavy atom. The number of rotatable bonds is 4. The molecule has 1 amide bonds. The Labute approximate surface area is 150 Å². The van der Waals surface area contributed by atoms with Gasteiger partial charge in [0.15, 0.2) is 0 Å². The van der Waals surface area contributed by atoms with Gasteiger partial charge >= 0.3 is 0 Å². The molecule has 2 saturated heterocycles. The molecule has 3 fully saturated rings. The van der Waals surface area contributed by atoms with Crippen LogP contribution in [0.4, 0.5) is 0 Å². The first-order valence-corrected chi connectivity index (χ1v) is 9.71. The fourth-order valence-corrected chi connectivity index (χ4v) is 4.18. The van der Waals surface area contributed by atoms with Gasteiger partial charge in [-0.2, -0.15) is 0 Å². The normalized spacial score (nSPS) is 26.5. The Morgan fingerprint density at radius 1 is 1.36 bits per heavy atom. The summed E-state index contributed by atoms with van der Waals surface area (Å²) in [5.74, 6) is 0.562. The van der Waals surface area contributed by atoms with Gasteiger partial charge in [-0.3, -0.25) is 14.7 Å². The molecule has 1 atom stereocenters. The van der Waals surface area contributed by atoms with Gasteiger partial charge < -0.3 is 10.1 Å². The summed E-state index contributed by atoms with van der Waals surface area (Å²) in [6, 6.07) is 4.42. The van der Waals surface area contributed by atoms with E-state index in [0.717, 1.165) is 64.8 Å². The molecule has 0 radical (unpaired) electrons. The van der Waals surface area contributed by atoms with Crippen LogP contribution in [0.15, 0.2) is 18.3 Å². The minimum Gasteiger partial charge on any atom is -0.375 e. The molecule has 2 aliphatic heterocycles. The lowest BCUT2D eigenvalue weighted by atomic mass is 9.82. The molecule has 5 nitrogen and oxygen atoms in total. The summed E-state index contributed by atoms with van der Waals surface area (Å²) >= 11 is 0. The monoisotopic (exact) mass is 343 g/mol. The van der Waals surface area contributed by atoms with Crippen molar-refractivity contribution in [3.8, 4) is 0 Å². The molecule has 1 unspecified atom stereocenters. The quantitative estimate of drug-likeness (QED) is 0.912. The maximum atomic E-state index is 12.1. The van der Waals surface area contributed by atoms with E-state index in [-0.39, 0.29) is 11.5 Å². The molecule has 25 heavy (non-hydrogen) atoms. The summed E-state index contributed by atoms with van der Waals surface area (Å²) in [7, 11) is 0. The van der Waals surface area contributed by atoms with Crippen LogP contribution in [-0.2, 0) is 16.1 Å². The van der Waals surface area contributed by atoms with Crippen molar-refractivity contribution in [2.24, 2.45) is 5.92 Å². The highest BCUT2D eigenvalue weighted by Gasteiger charge is 2.41. The molecule has 1 aliphatic carbocycles. The summed E-state index contributed by atoms with van der Waals surface area (Å²) in [5.41, 5.74) is 2.41. The predicted octanol–water partition coefficient (Wildman–Crippen LogP) is 2.43. The van der Waals surface area contributed by atoms with Crippen LogP contribution in [0.25, 0.3) is 0 Å². The van der Waals surface area contributed by atoms with Crippen molar-refractivity contribution >= 4 is 5.91 Å². The first-order valence-electron chi connectivity index (χ1n) is 9.71. The topological polar surface area (TPSA) is 54.5 Å². The van der Waals surface area contributed by atoms with E-state index in [9.17, 15) is 4.79 Å². The van der Waals surface area contributed by atoms with Gasteiger partial charge in [-0.1, -0.05) is 6.07 Å². The molecule has 5 heteroatoms. The number of ether oxygens (including phenoxy) is 1. The molecule has 3 aliphatic rings. The van der Waals surface area contributed by atoms with E-state index in [1.165, 1.54) is 11.3 Å². The van der Waals surface area contributed by atoms with Gasteiger partial charge in [0.05, 0.1) is 11.3 Å². The Kier molecular flexibility index (Phi) is 4.78. The van der Waals surface area contributed by atoms with Crippen LogP contribution in [-0.4, -0.2) is 47.1 Å². The van der Waals surface area contributed by atoms with Gasteiger partial charge in [-0.05, 0) is 57.1 Å². The lowest BCUT2D eigenvalue weighted by molar-refractivity contribution is -0.132. The minimum atomic E-state index is -0.0323. The Bertz CT molecular complexity index is 621. The highest BCUT2D eigenvalue weighted by molar-refractivity contribution is 5.81. The zero-order chi connectivity index (χ0) is 17.3. The number of amides is 1. The summed E-state index contributed by atoms with van der Waals surface area (Å²) in [6.07, 6.45) is 8.05. The van der Waals surface area contributed by atoms with Crippen LogP contribution >= 0.6 is 0 Å². The van der Waals surface area contributed by atoms with Gasteiger partial charge in [-0.15, -0.1) is 0 Å². The molecule has 1 spiro atoms. The molecule has 4 rings (SSSR count). The summed E-state index contributed by atoms with van der Waals surface area (Å²) < 4.78 is 6.22. The molecule has 1 aromatic heterocycles. The maximum absolute atomic E-state index is 12.1. The SMILES string of the molecule is Cc1cccnc1CN1CCC2(CC1)CC(NC(=O)C1CC1)CCO2. The van der Waals surface area contributed by atoms with Crippen molar-refractivity contribution in [2.45, 2.75) is 63.6 Å². The van der Waals surface area contributed by atoms with Crippen molar-refractivity contribution in [3.05, 3.63) is 29.6 Å². The van der Waals surface area contributed by atoms with Gasteiger partial charge in [-0.25, -0.2) is 0 Å². The van der Waals surface area contributed by atoms with Crippen molar-refractivity contribution < 1.29 is 9.53 Å². The summed E-state index contributed by atoms with van der Waals surface area (Å²) in [5, 5.41) is 3.27. The number of pyridine rings is 1. The number of aryl methyl sites for hydroxylation is 1. The number of nitrogens with zero attached hydrogens (tertiary/aromatic N) is 2. The minimum absolute atomic E-state index is 0.0323. The van der Waals surface area contributed by atoms with E-state index in [4.69, 9.17) is 4.74 Å². The third-order valence-corrected chi connectivity index (χ3v) is 6.05. The van der Waals surface area contributed by atoms with Crippen LogP contribution in [0.5, 0.6) is 0 Å². The Morgan fingerprint density at radius 3 is 2.88 bits per heavy atom. The van der Waals surface area contributed by atoms with E-state index in [0.29, 0.717) is 12.0 Å². The van der Waals surface area contributed by atoms with Gasteiger partial charge in [0.2, 0.25) is 5.91 Å². The van der Waals surface area contributed by atoms with E-state index >= 15 is 0 Å². The van der Waals surface area contributed by atoms with E-state index in [1.807, 2.05) is 12.3 Å². The first kappa shape index (κ1) is 17.0. The van der Waals surface area contributed by atoms with Crippen LogP contribution in [0.1, 0.15) is 49.8 Å². The highest BCUT2D eigenvalue weighted by atomic mass is 16.5. The molecule has 1 aromatic rings. The van der Waals surface area contributed by atoms with E-state index < -0.39 is 0 Å². The van der Waals surface area contributed by atoms with Gasteiger partial charge in [0.1, 0.15) is 0 Å². The molecule has 1 N–H and O–H groups in total. The second-order valence-electron chi connectivity index (χ2n) is 8.05. The van der Waals surface area contributed by atoms with Crippen LogP contribution < -0.4 is 5.32 Å². The lowest BCUT2D eigenvalue weighted by Crippen LogP contribution is -2.53. The van der Waals surface area contributed by atoms with E-state index in [1.54, 1.807) is 0 Å². The smallest absolute Gasteiger partial charge is 0.223 e. The van der Waals surface area contributed by atoms with E-state index in [2.05, 4.69) is 28.2 Å². The number of hydrogen-bond acceptors (Lipinski definition) is 4. The highest BCUT2D eigenvalue weighted by Crippen LogP contribution is 2.36. The number of carbonyl (C=O) groups is 1. The molecular weight excluding hydrogens is 314 g/mol. The van der Waals surface area contributed by atoms with Gasteiger partial charge in [0.25, 0.3) is 0 Å². The molecule has 3 heterocycles. The van der Waals surface area contributed by atoms with Crippen LogP contribution in [0.3, 0.4) is 0 Å². The lowest BCUT2D eigenvalue weighted by Gasteiger charge is -2.46. The average molecular weight is 343 g/mol. The third-order valence-electron chi connectivity index (χ3n) is 6.05. The van der Waals surface area contributed by atoms with Gasteiger partial charge in [0, 0.05) is 44.4 Å². The molecule has 0 bridgehead atoms. The Balaban J connectivity index is 1.30. The number of aromatic nitrogens is 1. The number of carbonyl (C=O) groups excluding carboxylic acids is 1. The predicted molar refractivity (Wildman–Crippen MR) is 96.1 cm³/mol.